The molecule has 1 N–H and O–H groups in total. The maximum Gasteiger partial charge on any atom is 0.337 e. The van der Waals surface area contributed by atoms with E-state index in [4.69, 9.17) is 4.74 Å². The number of fused-ring (bicyclic) bond motifs is 1. The lowest BCUT2D eigenvalue weighted by Crippen LogP contribution is -2.13. The molecule has 1 amide bonds. The zero-order chi connectivity index (χ0) is 22.2. The fourth-order valence-electron chi connectivity index (χ4n) is 3.00. The van der Waals surface area contributed by atoms with Crippen LogP contribution in [0.1, 0.15) is 15.9 Å². The van der Waals surface area contributed by atoms with E-state index in [-0.39, 0.29) is 5.57 Å². The number of hydrogen-bond donors (Lipinski definition) is 1. The number of rotatable bonds is 7. The van der Waals surface area contributed by atoms with E-state index in [0.717, 1.165) is 10.8 Å². The number of methoxy groups -OCH3 is 1. The number of anilines is 1. The summed E-state index contributed by atoms with van der Waals surface area (Å²) in [7, 11) is 1.29. The van der Waals surface area contributed by atoms with E-state index < -0.39 is 11.9 Å². The second kappa shape index (κ2) is 9.90. The minimum Gasteiger partial charge on any atom is -0.489 e. The first-order valence-corrected chi connectivity index (χ1v) is 9.44. The summed E-state index contributed by atoms with van der Waals surface area (Å²) >= 11 is 0. The van der Waals surface area contributed by atoms with E-state index in [2.05, 4.69) is 16.6 Å². The van der Waals surface area contributed by atoms with Gasteiger partial charge in [0.2, 0.25) is 0 Å². The lowest BCUT2D eigenvalue weighted by molar-refractivity contribution is -0.112. The third kappa shape index (κ3) is 4.98. The summed E-state index contributed by atoms with van der Waals surface area (Å²) in [5.41, 5.74) is 1.35. The van der Waals surface area contributed by atoms with Crippen molar-refractivity contribution in [2.75, 3.05) is 19.0 Å². The highest BCUT2D eigenvalue weighted by atomic mass is 16.5. The average Bonchev–Trinajstić information content (AvgIpc) is 2.81. The van der Waals surface area contributed by atoms with Crippen LogP contribution in [0, 0.1) is 11.3 Å². The van der Waals surface area contributed by atoms with Crippen LogP contribution in [0.2, 0.25) is 0 Å². The molecular formula is C25H20N2O4. The van der Waals surface area contributed by atoms with Gasteiger partial charge in [0, 0.05) is 11.3 Å². The first-order valence-electron chi connectivity index (χ1n) is 9.44. The molecule has 0 saturated heterocycles. The highest BCUT2D eigenvalue weighted by molar-refractivity contribution is 6.11. The monoisotopic (exact) mass is 412 g/mol. The Morgan fingerprint density at radius 3 is 2.52 bits per heavy atom. The fourth-order valence-corrected chi connectivity index (χ4v) is 3.00. The number of nitrogens with one attached hydrogen (secondary N) is 1. The second-order valence-corrected chi connectivity index (χ2v) is 6.49. The van der Waals surface area contributed by atoms with Crippen LogP contribution >= 0.6 is 0 Å². The van der Waals surface area contributed by atoms with Gasteiger partial charge in [-0.25, -0.2) is 4.79 Å². The summed E-state index contributed by atoms with van der Waals surface area (Å²) in [6, 6.07) is 19.5. The Kier molecular flexibility index (Phi) is 6.82. The molecule has 3 aromatic carbocycles. The maximum absolute atomic E-state index is 12.7. The van der Waals surface area contributed by atoms with Crippen molar-refractivity contribution in [3.63, 3.8) is 0 Å². The smallest absolute Gasteiger partial charge is 0.337 e. The predicted octanol–water partition coefficient (Wildman–Crippen LogP) is 4.74. The zero-order valence-electron chi connectivity index (χ0n) is 16.9. The summed E-state index contributed by atoms with van der Waals surface area (Å²) in [6.07, 6.45) is 3.14. The number of nitrogens with zero attached hydrogens (tertiary/aromatic N) is 1. The van der Waals surface area contributed by atoms with Crippen LogP contribution in [0.25, 0.3) is 16.8 Å². The summed E-state index contributed by atoms with van der Waals surface area (Å²) < 4.78 is 10.4. The van der Waals surface area contributed by atoms with Gasteiger partial charge in [-0.05, 0) is 47.2 Å². The topological polar surface area (TPSA) is 88.4 Å². The van der Waals surface area contributed by atoms with Crippen molar-refractivity contribution in [2.45, 2.75) is 0 Å². The predicted molar refractivity (Wildman–Crippen MR) is 120 cm³/mol. The van der Waals surface area contributed by atoms with Gasteiger partial charge < -0.3 is 14.8 Å². The Morgan fingerprint density at radius 1 is 1.10 bits per heavy atom. The number of carbonyl (C=O) groups is 2. The minimum absolute atomic E-state index is 0.0862. The van der Waals surface area contributed by atoms with Gasteiger partial charge in [0.05, 0.1) is 12.7 Å². The highest BCUT2D eigenvalue weighted by Gasteiger charge is 2.14. The van der Waals surface area contributed by atoms with Crippen LogP contribution in [-0.2, 0) is 9.53 Å². The number of hydrogen-bond acceptors (Lipinski definition) is 5. The largest absolute Gasteiger partial charge is 0.489 e. The minimum atomic E-state index is -0.573. The number of nitriles is 1. The number of carbonyl (C=O) groups excluding carboxylic acids is 2. The first-order chi connectivity index (χ1) is 15.1. The Balaban J connectivity index is 1.94. The van der Waals surface area contributed by atoms with E-state index in [1.54, 1.807) is 24.3 Å². The molecule has 0 fully saturated rings. The van der Waals surface area contributed by atoms with Gasteiger partial charge in [-0.2, -0.15) is 5.26 Å². The quantitative estimate of drug-likeness (QED) is 0.262. The van der Waals surface area contributed by atoms with Crippen LogP contribution in [0.15, 0.2) is 78.9 Å². The highest BCUT2D eigenvalue weighted by Crippen LogP contribution is 2.30. The molecule has 6 heteroatoms. The average molecular weight is 412 g/mol. The molecule has 0 atom stereocenters. The summed E-state index contributed by atoms with van der Waals surface area (Å²) in [5.74, 6) is -0.504. The van der Waals surface area contributed by atoms with Gasteiger partial charge >= 0.3 is 5.97 Å². The molecule has 0 aliphatic heterocycles. The van der Waals surface area contributed by atoms with Crippen molar-refractivity contribution in [3.05, 3.63) is 90.0 Å². The van der Waals surface area contributed by atoms with E-state index in [1.165, 1.54) is 25.3 Å². The summed E-state index contributed by atoms with van der Waals surface area (Å²) in [6.45, 7) is 3.95. The maximum atomic E-state index is 12.7. The molecule has 0 spiro atoms. The Hall–Kier alpha value is -4.37. The fraction of sp³-hybridized carbons (Fsp3) is 0.0800. The van der Waals surface area contributed by atoms with Crippen molar-refractivity contribution >= 4 is 34.4 Å². The van der Waals surface area contributed by atoms with Gasteiger partial charge in [0.1, 0.15) is 24.0 Å². The molecule has 6 nitrogen and oxygen atoms in total. The molecule has 3 aromatic rings. The summed E-state index contributed by atoms with van der Waals surface area (Å²) in [5, 5.41) is 14.1. The van der Waals surface area contributed by atoms with Crippen LogP contribution in [0.3, 0.4) is 0 Å². The van der Waals surface area contributed by atoms with Gasteiger partial charge in [-0.1, -0.05) is 43.0 Å². The SMILES string of the molecule is C=CCOc1ccc2ccccc2c1/C=C(\C#N)C(=O)Nc1ccc(C(=O)OC)cc1. The van der Waals surface area contributed by atoms with Crippen molar-refractivity contribution < 1.29 is 19.1 Å². The normalized spacial score (nSPS) is 10.8. The molecule has 0 unspecified atom stereocenters. The van der Waals surface area contributed by atoms with Crippen molar-refractivity contribution in [3.8, 4) is 11.8 Å². The third-order valence-electron chi connectivity index (χ3n) is 4.50. The zero-order valence-corrected chi connectivity index (χ0v) is 16.9. The molecule has 0 bridgehead atoms. The lowest BCUT2D eigenvalue weighted by atomic mass is 10.0. The Morgan fingerprint density at radius 2 is 1.84 bits per heavy atom. The molecule has 0 aliphatic carbocycles. The number of ether oxygens (including phenoxy) is 2. The molecule has 0 aromatic heterocycles. The molecule has 0 radical (unpaired) electrons. The van der Waals surface area contributed by atoms with Gasteiger partial charge in [0.15, 0.2) is 0 Å². The Labute approximate surface area is 180 Å². The van der Waals surface area contributed by atoms with Crippen LogP contribution in [0.4, 0.5) is 5.69 Å². The molecule has 0 aliphatic rings. The van der Waals surface area contributed by atoms with Gasteiger partial charge in [-0.15, -0.1) is 0 Å². The Bertz CT molecular complexity index is 1200. The number of benzene rings is 3. The van der Waals surface area contributed by atoms with Gasteiger partial charge in [-0.3, -0.25) is 4.79 Å². The van der Waals surface area contributed by atoms with E-state index >= 15 is 0 Å². The van der Waals surface area contributed by atoms with E-state index in [0.29, 0.717) is 29.2 Å². The molecule has 31 heavy (non-hydrogen) atoms. The third-order valence-corrected chi connectivity index (χ3v) is 4.50. The van der Waals surface area contributed by atoms with E-state index in [1.807, 2.05) is 36.4 Å². The second-order valence-electron chi connectivity index (χ2n) is 6.49. The van der Waals surface area contributed by atoms with Gasteiger partial charge in [0.25, 0.3) is 5.91 Å². The van der Waals surface area contributed by atoms with Crippen molar-refractivity contribution in [1.82, 2.24) is 0 Å². The number of esters is 1. The lowest BCUT2D eigenvalue weighted by Gasteiger charge is -2.11. The first kappa shape index (κ1) is 21.3. The molecular weight excluding hydrogens is 392 g/mol. The summed E-state index contributed by atoms with van der Waals surface area (Å²) in [4.78, 5) is 24.3. The molecule has 0 heterocycles. The van der Waals surface area contributed by atoms with E-state index in [9.17, 15) is 14.9 Å². The molecule has 3 rings (SSSR count). The van der Waals surface area contributed by atoms with Crippen LogP contribution in [-0.4, -0.2) is 25.6 Å². The van der Waals surface area contributed by atoms with Crippen molar-refractivity contribution in [2.24, 2.45) is 0 Å². The number of amides is 1. The standard InChI is InChI=1S/C25H20N2O4/c1-3-14-31-23-13-10-17-6-4-5-7-21(17)22(23)15-19(16-26)24(28)27-20-11-8-18(9-12-20)25(29)30-2/h3-13,15H,1,14H2,2H3,(H,27,28)/b19-15+. The van der Waals surface area contributed by atoms with Crippen LogP contribution in [0.5, 0.6) is 5.75 Å². The van der Waals surface area contributed by atoms with Crippen molar-refractivity contribution in [1.29, 1.82) is 5.26 Å². The molecule has 0 saturated carbocycles. The molecule has 154 valence electrons. The van der Waals surface area contributed by atoms with Crippen LogP contribution < -0.4 is 10.1 Å².